The number of thiazole rings is 1. The molecule has 34 heavy (non-hydrogen) atoms. The van der Waals surface area contributed by atoms with Crippen molar-refractivity contribution in [2.24, 2.45) is 0 Å². The van der Waals surface area contributed by atoms with E-state index >= 15 is 0 Å². The summed E-state index contributed by atoms with van der Waals surface area (Å²) in [5.41, 5.74) is 4.97. The van der Waals surface area contributed by atoms with Crippen molar-refractivity contribution in [1.29, 1.82) is 0 Å². The Labute approximate surface area is 202 Å². The summed E-state index contributed by atoms with van der Waals surface area (Å²) >= 11 is 1.57. The fourth-order valence-electron chi connectivity index (χ4n) is 3.58. The Kier molecular flexibility index (Phi) is 7.87. The van der Waals surface area contributed by atoms with Crippen molar-refractivity contribution in [2.75, 3.05) is 13.2 Å². The van der Waals surface area contributed by atoms with Gasteiger partial charge in [0, 0.05) is 37.6 Å². The minimum atomic E-state index is -0.00103. The number of carbonyl (C=O) groups is 1. The van der Waals surface area contributed by atoms with E-state index < -0.39 is 0 Å². The maximum atomic E-state index is 11.7. The Bertz CT molecular complexity index is 1260. The number of benzene rings is 1. The van der Waals surface area contributed by atoms with Crippen LogP contribution in [0.1, 0.15) is 34.2 Å². The molecule has 2 N–H and O–H groups in total. The molecule has 0 saturated carbocycles. The molecule has 0 amide bonds. The van der Waals surface area contributed by atoms with Gasteiger partial charge in [0.05, 0.1) is 35.2 Å². The second-order valence-corrected chi connectivity index (χ2v) is 8.96. The van der Waals surface area contributed by atoms with Gasteiger partial charge in [0.25, 0.3) is 0 Å². The summed E-state index contributed by atoms with van der Waals surface area (Å²) in [6, 6.07) is 17.1. The lowest BCUT2D eigenvalue weighted by molar-refractivity contribution is 0.101. The molecule has 3 aromatic heterocycles. The van der Waals surface area contributed by atoms with E-state index in [-0.39, 0.29) is 19.0 Å². The van der Waals surface area contributed by atoms with Crippen LogP contribution in [-0.4, -0.2) is 49.0 Å². The number of carbonyl (C=O) groups excluding carboxylic acids is 1. The predicted octanol–water partition coefficient (Wildman–Crippen LogP) is 3.96. The molecule has 4 rings (SSSR count). The summed E-state index contributed by atoms with van der Waals surface area (Å²) in [6.07, 6.45) is 3.48. The van der Waals surface area contributed by atoms with Gasteiger partial charge in [-0.25, -0.2) is 9.97 Å². The number of aliphatic hydroxyl groups excluding tert-OH is 2. The highest BCUT2D eigenvalue weighted by Gasteiger charge is 2.13. The summed E-state index contributed by atoms with van der Waals surface area (Å²) in [7, 11) is 0. The van der Waals surface area contributed by atoms with Gasteiger partial charge in [0.1, 0.15) is 5.01 Å². The SMILES string of the molecule is CC(=O)c1ccnc(CN(CCO)Cc2cccc(-c3ncc(-c4ccc(CO)cc4)s3)n2)c1. The van der Waals surface area contributed by atoms with Gasteiger partial charge in [-0.3, -0.25) is 14.7 Å². The second-order valence-electron chi connectivity index (χ2n) is 7.93. The van der Waals surface area contributed by atoms with E-state index in [9.17, 15) is 15.0 Å². The summed E-state index contributed by atoms with van der Waals surface area (Å²) in [5, 5.41) is 19.6. The molecule has 0 saturated heterocycles. The van der Waals surface area contributed by atoms with E-state index in [1.54, 1.807) is 29.7 Å². The Hall–Kier alpha value is -3.30. The molecule has 3 heterocycles. The highest BCUT2D eigenvalue weighted by molar-refractivity contribution is 7.18. The van der Waals surface area contributed by atoms with Crippen molar-refractivity contribution in [1.82, 2.24) is 19.9 Å². The van der Waals surface area contributed by atoms with E-state index in [4.69, 9.17) is 4.98 Å². The van der Waals surface area contributed by atoms with Crippen molar-refractivity contribution >= 4 is 17.1 Å². The van der Waals surface area contributed by atoms with Crippen LogP contribution in [0.25, 0.3) is 21.1 Å². The first-order valence-electron chi connectivity index (χ1n) is 11.0. The number of hydrogen-bond acceptors (Lipinski definition) is 8. The molecular formula is C26H26N4O3S. The lowest BCUT2D eigenvalue weighted by Crippen LogP contribution is -2.27. The average Bonchev–Trinajstić information content (AvgIpc) is 3.35. The van der Waals surface area contributed by atoms with Crippen molar-refractivity contribution in [3.05, 3.63) is 89.5 Å². The summed E-state index contributed by atoms with van der Waals surface area (Å²) in [4.78, 5) is 28.5. The molecule has 0 aliphatic carbocycles. The van der Waals surface area contributed by atoms with Gasteiger partial charge in [-0.05, 0) is 42.3 Å². The average molecular weight is 475 g/mol. The van der Waals surface area contributed by atoms with E-state index in [0.717, 1.165) is 38.1 Å². The van der Waals surface area contributed by atoms with Crippen LogP contribution < -0.4 is 0 Å². The maximum Gasteiger partial charge on any atom is 0.159 e. The number of aliphatic hydroxyl groups is 2. The van der Waals surface area contributed by atoms with Crippen LogP contribution in [0.5, 0.6) is 0 Å². The Morgan fingerprint density at radius 2 is 1.79 bits per heavy atom. The number of ketones is 1. The normalized spacial score (nSPS) is 11.2. The lowest BCUT2D eigenvalue weighted by Gasteiger charge is -2.21. The summed E-state index contributed by atoms with van der Waals surface area (Å²) < 4.78 is 0. The zero-order valence-corrected chi connectivity index (χ0v) is 19.7. The molecule has 8 heteroatoms. The molecule has 174 valence electrons. The lowest BCUT2D eigenvalue weighted by atomic mass is 10.1. The number of rotatable bonds is 10. The number of aromatic nitrogens is 3. The largest absolute Gasteiger partial charge is 0.395 e. The molecule has 0 aliphatic heterocycles. The number of pyridine rings is 2. The van der Waals surface area contributed by atoms with E-state index in [1.807, 2.05) is 53.6 Å². The number of Topliss-reactive ketones (excluding diaryl/α,β-unsaturated/α-hetero) is 1. The fourth-order valence-corrected chi connectivity index (χ4v) is 4.48. The van der Waals surface area contributed by atoms with Gasteiger partial charge in [-0.15, -0.1) is 11.3 Å². The topological polar surface area (TPSA) is 99.4 Å². The molecular weight excluding hydrogens is 448 g/mol. The maximum absolute atomic E-state index is 11.7. The van der Waals surface area contributed by atoms with Gasteiger partial charge in [0.2, 0.25) is 0 Å². The molecule has 1 aromatic carbocycles. The Balaban J connectivity index is 1.50. The Morgan fingerprint density at radius 1 is 1.00 bits per heavy atom. The third-order valence-corrected chi connectivity index (χ3v) is 6.43. The molecule has 0 aliphatic rings. The molecule has 7 nitrogen and oxygen atoms in total. The standard InChI is InChI=1S/C26H26N4O3S/c1-18(33)21-9-10-27-23(13-21)16-30(11-12-31)15-22-3-2-4-24(29-22)26-28-14-25(34-26)20-7-5-19(17-32)6-8-20/h2-10,13-14,31-32H,11-12,15-17H2,1H3. The van der Waals surface area contributed by atoms with Crippen LogP contribution in [0, 0.1) is 0 Å². The third kappa shape index (κ3) is 5.98. The fraction of sp³-hybridized carbons (Fsp3) is 0.231. The van der Waals surface area contributed by atoms with Gasteiger partial charge in [-0.1, -0.05) is 30.3 Å². The van der Waals surface area contributed by atoms with Crippen LogP contribution in [0.2, 0.25) is 0 Å². The Morgan fingerprint density at radius 3 is 2.53 bits per heavy atom. The third-order valence-electron chi connectivity index (χ3n) is 5.36. The molecule has 0 fully saturated rings. The first-order chi connectivity index (χ1) is 16.6. The van der Waals surface area contributed by atoms with Crippen molar-refractivity contribution in [2.45, 2.75) is 26.6 Å². The highest BCUT2D eigenvalue weighted by atomic mass is 32.1. The smallest absolute Gasteiger partial charge is 0.159 e. The first kappa shape index (κ1) is 23.8. The zero-order chi connectivity index (χ0) is 23.9. The zero-order valence-electron chi connectivity index (χ0n) is 18.9. The number of nitrogens with zero attached hydrogens (tertiary/aromatic N) is 4. The predicted molar refractivity (Wildman–Crippen MR) is 132 cm³/mol. The summed E-state index contributed by atoms with van der Waals surface area (Å²) in [5.74, 6) is -0.00103. The summed E-state index contributed by atoms with van der Waals surface area (Å²) in [6.45, 7) is 3.06. The van der Waals surface area contributed by atoms with Gasteiger partial charge >= 0.3 is 0 Å². The molecule has 0 radical (unpaired) electrons. The minimum Gasteiger partial charge on any atom is -0.395 e. The molecule has 4 aromatic rings. The van der Waals surface area contributed by atoms with Gasteiger partial charge < -0.3 is 10.2 Å². The van der Waals surface area contributed by atoms with E-state index in [1.165, 1.54) is 6.92 Å². The van der Waals surface area contributed by atoms with Gasteiger partial charge in [0.15, 0.2) is 5.78 Å². The highest BCUT2D eigenvalue weighted by Crippen LogP contribution is 2.31. The molecule has 0 unspecified atom stereocenters. The van der Waals surface area contributed by atoms with Crippen LogP contribution in [0.4, 0.5) is 0 Å². The van der Waals surface area contributed by atoms with Crippen molar-refractivity contribution in [3.63, 3.8) is 0 Å². The first-order valence-corrected chi connectivity index (χ1v) is 11.8. The van der Waals surface area contributed by atoms with E-state index in [0.29, 0.717) is 25.2 Å². The minimum absolute atomic E-state index is 0.00103. The monoisotopic (exact) mass is 474 g/mol. The molecule has 0 bridgehead atoms. The van der Waals surface area contributed by atoms with Crippen molar-refractivity contribution < 1.29 is 15.0 Å². The van der Waals surface area contributed by atoms with Gasteiger partial charge in [-0.2, -0.15) is 0 Å². The van der Waals surface area contributed by atoms with Crippen LogP contribution in [0.15, 0.2) is 67.0 Å². The second kappa shape index (κ2) is 11.2. The number of hydrogen-bond donors (Lipinski definition) is 2. The van der Waals surface area contributed by atoms with Crippen molar-refractivity contribution in [3.8, 4) is 21.1 Å². The van der Waals surface area contributed by atoms with Crippen LogP contribution in [0.3, 0.4) is 0 Å². The van der Waals surface area contributed by atoms with E-state index in [2.05, 4.69) is 9.97 Å². The molecule has 0 spiro atoms. The quantitative estimate of drug-likeness (QED) is 0.336. The van der Waals surface area contributed by atoms with Crippen LogP contribution >= 0.6 is 11.3 Å². The molecule has 0 atom stereocenters. The van der Waals surface area contributed by atoms with Crippen LogP contribution in [-0.2, 0) is 19.7 Å².